The van der Waals surface area contributed by atoms with E-state index in [2.05, 4.69) is 12.2 Å². The quantitative estimate of drug-likeness (QED) is 0.872. The lowest BCUT2D eigenvalue weighted by molar-refractivity contribution is 0.00300. The molecule has 0 spiro atoms. The third-order valence-corrected chi connectivity index (χ3v) is 4.14. The van der Waals surface area contributed by atoms with E-state index in [1.165, 1.54) is 12.0 Å². The zero-order valence-corrected chi connectivity index (χ0v) is 11.7. The summed E-state index contributed by atoms with van der Waals surface area (Å²) in [5.41, 5.74) is 0.706. The highest BCUT2D eigenvalue weighted by atomic mass is 35.5. The topological polar surface area (TPSA) is 32.3 Å². The van der Waals surface area contributed by atoms with E-state index >= 15 is 0 Å². The van der Waals surface area contributed by atoms with Crippen LogP contribution < -0.4 is 5.32 Å². The van der Waals surface area contributed by atoms with Gasteiger partial charge in [0, 0.05) is 17.6 Å². The van der Waals surface area contributed by atoms with E-state index < -0.39 is 5.60 Å². The highest BCUT2D eigenvalue weighted by molar-refractivity contribution is 6.30. The number of benzene rings is 1. The zero-order chi connectivity index (χ0) is 13.0. The molecular weight excluding hydrogens is 246 g/mol. The molecule has 18 heavy (non-hydrogen) atoms. The number of rotatable bonds is 4. The van der Waals surface area contributed by atoms with E-state index in [0.29, 0.717) is 6.54 Å². The Labute approximate surface area is 114 Å². The standard InChI is InChI=1S/C15H22ClNO/c1-12(13-5-7-14(16)8-6-13)17-11-15(18)9-3-2-4-10-15/h5-8,12,17-18H,2-4,9-11H2,1H3. The van der Waals surface area contributed by atoms with Gasteiger partial charge >= 0.3 is 0 Å². The third kappa shape index (κ3) is 3.71. The molecule has 100 valence electrons. The third-order valence-electron chi connectivity index (χ3n) is 3.89. The minimum Gasteiger partial charge on any atom is -0.389 e. The molecule has 1 unspecified atom stereocenters. The molecule has 1 fully saturated rings. The van der Waals surface area contributed by atoms with Crippen LogP contribution in [0.4, 0.5) is 0 Å². The van der Waals surface area contributed by atoms with Crippen molar-refractivity contribution in [1.29, 1.82) is 0 Å². The van der Waals surface area contributed by atoms with Gasteiger partial charge in [0.2, 0.25) is 0 Å². The Morgan fingerprint density at radius 3 is 2.44 bits per heavy atom. The fraction of sp³-hybridized carbons (Fsp3) is 0.600. The summed E-state index contributed by atoms with van der Waals surface area (Å²) < 4.78 is 0. The second-order valence-corrected chi connectivity index (χ2v) is 5.88. The molecule has 0 aromatic heterocycles. The predicted molar refractivity (Wildman–Crippen MR) is 75.9 cm³/mol. The lowest BCUT2D eigenvalue weighted by atomic mass is 9.84. The van der Waals surface area contributed by atoms with Gasteiger partial charge in [-0.3, -0.25) is 0 Å². The molecule has 1 saturated carbocycles. The van der Waals surface area contributed by atoms with Crippen LogP contribution in [0.15, 0.2) is 24.3 Å². The molecule has 1 atom stereocenters. The van der Waals surface area contributed by atoms with Crippen LogP contribution in [-0.4, -0.2) is 17.3 Å². The molecule has 2 rings (SSSR count). The Morgan fingerprint density at radius 1 is 1.22 bits per heavy atom. The van der Waals surface area contributed by atoms with Gasteiger partial charge in [-0.15, -0.1) is 0 Å². The number of aliphatic hydroxyl groups is 1. The average molecular weight is 268 g/mol. The SMILES string of the molecule is CC(NCC1(O)CCCCC1)c1ccc(Cl)cc1. The van der Waals surface area contributed by atoms with Crippen molar-refractivity contribution in [2.45, 2.75) is 50.7 Å². The Hall–Kier alpha value is -0.570. The van der Waals surface area contributed by atoms with Crippen molar-refractivity contribution in [3.8, 4) is 0 Å². The molecule has 0 heterocycles. The molecule has 0 radical (unpaired) electrons. The minimum absolute atomic E-state index is 0.244. The Bertz CT molecular complexity index is 371. The van der Waals surface area contributed by atoms with Gasteiger partial charge in [-0.1, -0.05) is 43.0 Å². The van der Waals surface area contributed by atoms with Gasteiger partial charge in [0.25, 0.3) is 0 Å². The lowest BCUT2D eigenvalue weighted by Gasteiger charge is -2.33. The molecule has 2 N–H and O–H groups in total. The summed E-state index contributed by atoms with van der Waals surface area (Å²) in [4.78, 5) is 0. The van der Waals surface area contributed by atoms with Crippen molar-refractivity contribution in [1.82, 2.24) is 5.32 Å². The maximum absolute atomic E-state index is 10.4. The second-order valence-electron chi connectivity index (χ2n) is 5.44. The van der Waals surface area contributed by atoms with Crippen LogP contribution in [0.2, 0.25) is 5.02 Å². The number of hydrogen-bond donors (Lipinski definition) is 2. The minimum atomic E-state index is -0.501. The van der Waals surface area contributed by atoms with Crippen LogP contribution in [-0.2, 0) is 0 Å². The average Bonchev–Trinajstić information content (AvgIpc) is 2.38. The largest absolute Gasteiger partial charge is 0.389 e. The molecule has 0 amide bonds. The van der Waals surface area contributed by atoms with Gasteiger partial charge in [0.05, 0.1) is 5.60 Å². The summed E-state index contributed by atoms with van der Waals surface area (Å²) in [5, 5.41) is 14.6. The number of hydrogen-bond acceptors (Lipinski definition) is 2. The van der Waals surface area contributed by atoms with Gasteiger partial charge in [-0.05, 0) is 37.5 Å². The van der Waals surface area contributed by atoms with E-state index in [4.69, 9.17) is 11.6 Å². The van der Waals surface area contributed by atoms with Gasteiger partial charge in [0.15, 0.2) is 0 Å². The fourth-order valence-electron chi connectivity index (χ4n) is 2.60. The van der Waals surface area contributed by atoms with Crippen LogP contribution in [0, 0.1) is 0 Å². The lowest BCUT2D eigenvalue weighted by Crippen LogP contribution is -2.42. The first kappa shape index (κ1) is 13.9. The van der Waals surface area contributed by atoms with Crippen LogP contribution in [0.5, 0.6) is 0 Å². The summed E-state index contributed by atoms with van der Waals surface area (Å²) in [7, 11) is 0. The zero-order valence-electron chi connectivity index (χ0n) is 11.0. The normalized spacial score (nSPS) is 20.6. The molecule has 1 aromatic carbocycles. The maximum atomic E-state index is 10.4. The van der Waals surface area contributed by atoms with Gasteiger partial charge < -0.3 is 10.4 Å². The van der Waals surface area contributed by atoms with Crippen molar-refractivity contribution in [2.24, 2.45) is 0 Å². The summed E-state index contributed by atoms with van der Waals surface area (Å²) in [6.07, 6.45) is 5.40. The van der Waals surface area contributed by atoms with Crippen LogP contribution in [0.25, 0.3) is 0 Å². The van der Waals surface area contributed by atoms with Crippen LogP contribution >= 0.6 is 11.6 Å². The van der Waals surface area contributed by atoms with Crippen molar-refractivity contribution >= 4 is 11.6 Å². The van der Waals surface area contributed by atoms with E-state index in [9.17, 15) is 5.11 Å². The molecule has 1 aromatic rings. The maximum Gasteiger partial charge on any atom is 0.0771 e. The fourth-order valence-corrected chi connectivity index (χ4v) is 2.73. The summed E-state index contributed by atoms with van der Waals surface area (Å²) in [6.45, 7) is 2.80. The molecule has 0 aliphatic heterocycles. The molecule has 1 aliphatic rings. The number of halogens is 1. The molecule has 2 nitrogen and oxygen atoms in total. The molecule has 0 bridgehead atoms. The molecule has 1 aliphatic carbocycles. The smallest absolute Gasteiger partial charge is 0.0771 e. The molecule has 0 saturated heterocycles. The van der Waals surface area contributed by atoms with E-state index in [1.54, 1.807) is 0 Å². The second kappa shape index (κ2) is 6.05. The number of nitrogens with one attached hydrogen (secondary N) is 1. The van der Waals surface area contributed by atoms with Gasteiger partial charge in [-0.2, -0.15) is 0 Å². The van der Waals surface area contributed by atoms with Crippen molar-refractivity contribution in [2.75, 3.05) is 6.54 Å². The van der Waals surface area contributed by atoms with Crippen molar-refractivity contribution in [3.63, 3.8) is 0 Å². The first-order valence-electron chi connectivity index (χ1n) is 6.80. The van der Waals surface area contributed by atoms with E-state index in [-0.39, 0.29) is 6.04 Å². The highest BCUT2D eigenvalue weighted by Gasteiger charge is 2.29. The summed E-state index contributed by atoms with van der Waals surface area (Å²) in [5.74, 6) is 0. The van der Waals surface area contributed by atoms with E-state index in [0.717, 1.165) is 30.7 Å². The van der Waals surface area contributed by atoms with Crippen molar-refractivity contribution < 1.29 is 5.11 Å². The Kier molecular flexibility index (Phi) is 4.66. The van der Waals surface area contributed by atoms with Gasteiger partial charge in [-0.25, -0.2) is 0 Å². The predicted octanol–water partition coefficient (Wildman–Crippen LogP) is 3.69. The van der Waals surface area contributed by atoms with Crippen LogP contribution in [0.1, 0.15) is 50.6 Å². The summed E-state index contributed by atoms with van der Waals surface area (Å²) >= 11 is 5.88. The van der Waals surface area contributed by atoms with E-state index in [1.807, 2.05) is 24.3 Å². The van der Waals surface area contributed by atoms with Gasteiger partial charge in [0.1, 0.15) is 0 Å². The molecular formula is C15H22ClNO. The first-order valence-corrected chi connectivity index (χ1v) is 7.18. The monoisotopic (exact) mass is 267 g/mol. The van der Waals surface area contributed by atoms with Crippen LogP contribution in [0.3, 0.4) is 0 Å². The highest BCUT2D eigenvalue weighted by Crippen LogP contribution is 2.28. The Morgan fingerprint density at radius 2 is 1.83 bits per heavy atom. The summed E-state index contributed by atoms with van der Waals surface area (Å²) in [6, 6.07) is 8.12. The first-order chi connectivity index (χ1) is 8.59. The molecule has 3 heteroatoms. The van der Waals surface area contributed by atoms with Crippen molar-refractivity contribution in [3.05, 3.63) is 34.9 Å². The Balaban J connectivity index is 1.87.